The SMILES string of the molecule is Cc1ccc(Oc2ncc(CNC(C)C)cc2C)cc1F. The van der Waals surface area contributed by atoms with Crippen molar-refractivity contribution in [3.63, 3.8) is 0 Å². The van der Waals surface area contributed by atoms with Gasteiger partial charge in [-0.1, -0.05) is 19.9 Å². The molecular formula is C17H21FN2O. The van der Waals surface area contributed by atoms with Gasteiger partial charge in [-0.05, 0) is 37.1 Å². The molecule has 0 spiro atoms. The lowest BCUT2D eigenvalue weighted by atomic mass is 10.2. The Balaban J connectivity index is 2.11. The van der Waals surface area contributed by atoms with E-state index in [-0.39, 0.29) is 5.82 Å². The highest BCUT2D eigenvalue weighted by molar-refractivity contribution is 5.35. The Hall–Kier alpha value is -1.94. The van der Waals surface area contributed by atoms with Crippen LogP contribution >= 0.6 is 0 Å². The molecule has 0 saturated carbocycles. The van der Waals surface area contributed by atoms with Crippen LogP contribution in [0.1, 0.15) is 30.5 Å². The minimum atomic E-state index is -0.275. The average molecular weight is 288 g/mol. The second kappa shape index (κ2) is 6.68. The van der Waals surface area contributed by atoms with Crippen LogP contribution in [0.25, 0.3) is 0 Å². The highest BCUT2D eigenvalue weighted by atomic mass is 19.1. The van der Waals surface area contributed by atoms with Crippen LogP contribution in [0.4, 0.5) is 4.39 Å². The molecule has 0 saturated heterocycles. The van der Waals surface area contributed by atoms with Crippen molar-refractivity contribution in [2.45, 2.75) is 40.3 Å². The second-order valence-corrected chi connectivity index (χ2v) is 5.51. The van der Waals surface area contributed by atoms with E-state index >= 15 is 0 Å². The Kier molecular flexibility index (Phi) is 4.91. The number of hydrogen-bond acceptors (Lipinski definition) is 3. The summed E-state index contributed by atoms with van der Waals surface area (Å²) in [6.45, 7) is 8.63. The smallest absolute Gasteiger partial charge is 0.222 e. The quantitative estimate of drug-likeness (QED) is 0.898. The summed E-state index contributed by atoms with van der Waals surface area (Å²) < 4.78 is 19.2. The summed E-state index contributed by atoms with van der Waals surface area (Å²) in [7, 11) is 0. The lowest BCUT2D eigenvalue weighted by molar-refractivity contribution is 0.453. The van der Waals surface area contributed by atoms with Gasteiger partial charge < -0.3 is 10.1 Å². The summed E-state index contributed by atoms with van der Waals surface area (Å²) in [6.07, 6.45) is 1.78. The van der Waals surface area contributed by atoms with Crippen LogP contribution in [-0.4, -0.2) is 11.0 Å². The number of ether oxygens (including phenoxy) is 1. The van der Waals surface area contributed by atoms with Crippen molar-refractivity contribution in [2.75, 3.05) is 0 Å². The zero-order valence-corrected chi connectivity index (χ0v) is 12.9. The van der Waals surface area contributed by atoms with E-state index in [1.54, 1.807) is 25.3 Å². The maximum Gasteiger partial charge on any atom is 0.222 e. The van der Waals surface area contributed by atoms with Gasteiger partial charge in [-0.2, -0.15) is 0 Å². The maximum absolute atomic E-state index is 13.5. The van der Waals surface area contributed by atoms with Gasteiger partial charge in [-0.3, -0.25) is 0 Å². The molecule has 112 valence electrons. The first-order valence-corrected chi connectivity index (χ1v) is 7.08. The van der Waals surface area contributed by atoms with E-state index in [4.69, 9.17) is 4.74 Å². The van der Waals surface area contributed by atoms with E-state index in [9.17, 15) is 4.39 Å². The van der Waals surface area contributed by atoms with Crippen LogP contribution in [0.3, 0.4) is 0 Å². The molecule has 2 aromatic rings. The number of benzene rings is 1. The first-order chi connectivity index (χ1) is 9.95. The zero-order chi connectivity index (χ0) is 15.4. The molecule has 0 aliphatic rings. The molecule has 21 heavy (non-hydrogen) atoms. The second-order valence-electron chi connectivity index (χ2n) is 5.51. The van der Waals surface area contributed by atoms with Crippen molar-refractivity contribution < 1.29 is 9.13 Å². The van der Waals surface area contributed by atoms with Crippen molar-refractivity contribution in [2.24, 2.45) is 0 Å². The number of nitrogens with one attached hydrogen (secondary N) is 1. The fourth-order valence-corrected chi connectivity index (χ4v) is 1.89. The van der Waals surface area contributed by atoms with Crippen LogP contribution in [-0.2, 0) is 6.54 Å². The monoisotopic (exact) mass is 288 g/mol. The topological polar surface area (TPSA) is 34.1 Å². The largest absolute Gasteiger partial charge is 0.439 e. The molecule has 0 radical (unpaired) electrons. The van der Waals surface area contributed by atoms with E-state index in [1.807, 2.05) is 13.0 Å². The summed E-state index contributed by atoms with van der Waals surface area (Å²) in [6, 6.07) is 7.28. The average Bonchev–Trinajstić information content (AvgIpc) is 2.43. The van der Waals surface area contributed by atoms with Gasteiger partial charge in [0.15, 0.2) is 0 Å². The van der Waals surface area contributed by atoms with Gasteiger partial charge in [-0.25, -0.2) is 9.37 Å². The highest BCUT2D eigenvalue weighted by Gasteiger charge is 2.07. The predicted molar refractivity (Wildman–Crippen MR) is 82.2 cm³/mol. The minimum absolute atomic E-state index is 0.275. The molecule has 3 nitrogen and oxygen atoms in total. The summed E-state index contributed by atoms with van der Waals surface area (Å²) in [4.78, 5) is 4.32. The number of aromatic nitrogens is 1. The lowest BCUT2D eigenvalue weighted by Crippen LogP contribution is -2.21. The van der Waals surface area contributed by atoms with Gasteiger partial charge in [0.25, 0.3) is 0 Å². The van der Waals surface area contributed by atoms with E-state index in [1.165, 1.54) is 6.07 Å². The Bertz CT molecular complexity index is 626. The van der Waals surface area contributed by atoms with E-state index < -0.39 is 0 Å². The third-order valence-corrected chi connectivity index (χ3v) is 3.16. The van der Waals surface area contributed by atoms with E-state index in [0.717, 1.165) is 17.7 Å². The minimum Gasteiger partial charge on any atom is -0.439 e. The molecule has 0 aliphatic carbocycles. The molecule has 1 heterocycles. The molecule has 4 heteroatoms. The normalized spacial score (nSPS) is 11.0. The predicted octanol–water partition coefficient (Wildman–Crippen LogP) is 4.13. The Labute approximate surface area is 125 Å². The van der Waals surface area contributed by atoms with Crippen LogP contribution in [0.5, 0.6) is 11.6 Å². The van der Waals surface area contributed by atoms with Crippen molar-refractivity contribution in [1.29, 1.82) is 0 Å². The fraction of sp³-hybridized carbons (Fsp3) is 0.353. The van der Waals surface area contributed by atoms with Crippen LogP contribution in [0, 0.1) is 19.7 Å². The van der Waals surface area contributed by atoms with Crippen molar-refractivity contribution in [3.05, 3.63) is 53.0 Å². The lowest BCUT2D eigenvalue weighted by Gasteiger charge is -2.11. The van der Waals surface area contributed by atoms with Crippen molar-refractivity contribution in [3.8, 4) is 11.6 Å². The molecule has 0 unspecified atom stereocenters. The van der Waals surface area contributed by atoms with Crippen LogP contribution in [0.2, 0.25) is 0 Å². The standard InChI is InChI=1S/C17H21FN2O/c1-11(2)19-9-14-7-13(4)17(20-10-14)21-15-6-5-12(3)16(18)8-15/h5-8,10-11,19H,9H2,1-4H3. The molecular weight excluding hydrogens is 267 g/mol. The number of nitrogens with zero attached hydrogens (tertiary/aromatic N) is 1. The molecule has 0 aliphatic heterocycles. The van der Waals surface area contributed by atoms with Gasteiger partial charge in [-0.15, -0.1) is 0 Å². The third kappa shape index (κ3) is 4.26. The Morgan fingerprint density at radius 1 is 1.19 bits per heavy atom. The third-order valence-electron chi connectivity index (χ3n) is 3.16. The molecule has 0 atom stereocenters. The summed E-state index contributed by atoms with van der Waals surface area (Å²) >= 11 is 0. The molecule has 2 rings (SSSR count). The maximum atomic E-state index is 13.5. The first kappa shape index (κ1) is 15.4. The molecule has 0 fully saturated rings. The molecule has 0 amide bonds. The number of hydrogen-bond donors (Lipinski definition) is 1. The molecule has 1 N–H and O–H groups in total. The highest BCUT2D eigenvalue weighted by Crippen LogP contribution is 2.24. The van der Waals surface area contributed by atoms with Crippen LogP contribution < -0.4 is 10.1 Å². The summed E-state index contributed by atoms with van der Waals surface area (Å²) in [5, 5.41) is 3.34. The van der Waals surface area contributed by atoms with Gasteiger partial charge in [0.05, 0.1) is 0 Å². The fourth-order valence-electron chi connectivity index (χ4n) is 1.89. The Morgan fingerprint density at radius 3 is 2.57 bits per heavy atom. The van der Waals surface area contributed by atoms with Crippen molar-refractivity contribution >= 4 is 0 Å². The Morgan fingerprint density at radius 2 is 1.95 bits per heavy atom. The zero-order valence-electron chi connectivity index (χ0n) is 12.9. The van der Waals surface area contributed by atoms with E-state index in [0.29, 0.717) is 23.2 Å². The van der Waals surface area contributed by atoms with Crippen LogP contribution in [0.15, 0.2) is 30.5 Å². The first-order valence-electron chi connectivity index (χ1n) is 7.08. The molecule has 1 aromatic carbocycles. The molecule has 1 aromatic heterocycles. The van der Waals surface area contributed by atoms with Gasteiger partial charge in [0, 0.05) is 30.4 Å². The number of aryl methyl sites for hydroxylation is 2. The van der Waals surface area contributed by atoms with Gasteiger partial charge >= 0.3 is 0 Å². The number of halogens is 1. The number of rotatable bonds is 5. The molecule has 0 bridgehead atoms. The van der Waals surface area contributed by atoms with Gasteiger partial charge in [0.1, 0.15) is 11.6 Å². The van der Waals surface area contributed by atoms with Gasteiger partial charge in [0.2, 0.25) is 5.88 Å². The summed E-state index contributed by atoms with van der Waals surface area (Å²) in [5.74, 6) is 0.691. The van der Waals surface area contributed by atoms with Crippen molar-refractivity contribution in [1.82, 2.24) is 10.3 Å². The number of pyridine rings is 1. The van der Waals surface area contributed by atoms with E-state index in [2.05, 4.69) is 24.1 Å². The summed E-state index contributed by atoms with van der Waals surface area (Å²) in [5.41, 5.74) is 2.63.